The number of nitriles is 1. The molecular weight excluding hydrogens is 106 g/mol. The number of rotatable bonds is 1. The molecule has 0 aliphatic carbocycles. The van der Waals surface area contributed by atoms with Gasteiger partial charge in [0, 0.05) is 5.57 Å². The minimum atomic E-state index is -1.20. The van der Waals surface area contributed by atoms with E-state index in [9.17, 15) is 4.79 Å². The highest BCUT2D eigenvalue weighted by atomic mass is 16.4. The molecule has 8 heavy (non-hydrogen) atoms. The molecule has 0 aromatic heterocycles. The molecule has 0 spiro atoms. The average Bonchev–Trinajstić information content (AvgIpc) is 1.65. The highest BCUT2D eigenvalue weighted by Gasteiger charge is 1.90. The Bertz CT molecular complexity index is 164. The molecule has 1 N–H and O–H groups in total. The quantitative estimate of drug-likeness (QED) is 0.391. The lowest BCUT2D eigenvalue weighted by molar-refractivity contribution is -0.132. The van der Waals surface area contributed by atoms with E-state index < -0.39 is 5.97 Å². The van der Waals surface area contributed by atoms with Gasteiger partial charge in [-0.05, 0) is 6.92 Å². The van der Waals surface area contributed by atoms with Gasteiger partial charge in [0.05, 0.1) is 12.1 Å². The molecule has 1 radical (unpaired) electrons. The van der Waals surface area contributed by atoms with E-state index in [1.165, 1.54) is 6.92 Å². The maximum atomic E-state index is 9.69. The second kappa shape index (κ2) is 2.80. The van der Waals surface area contributed by atoms with E-state index in [-0.39, 0.29) is 5.57 Å². The van der Waals surface area contributed by atoms with Gasteiger partial charge in [0.1, 0.15) is 0 Å². The Labute approximate surface area is 46.9 Å². The monoisotopic (exact) mass is 110 g/mol. The summed E-state index contributed by atoms with van der Waals surface area (Å²) in [5.41, 5.74) is 0.0810. The molecule has 0 fully saturated rings. The van der Waals surface area contributed by atoms with E-state index in [0.717, 1.165) is 0 Å². The number of carboxylic acids is 1. The van der Waals surface area contributed by atoms with Gasteiger partial charge in [-0.2, -0.15) is 5.26 Å². The minimum Gasteiger partial charge on any atom is -0.478 e. The smallest absolute Gasteiger partial charge is 0.337 e. The van der Waals surface area contributed by atoms with E-state index in [2.05, 4.69) is 0 Å². The average molecular weight is 110 g/mol. The van der Waals surface area contributed by atoms with Crippen molar-refractivity contribution in [2.45, 2.75) is 6.92 Å². The molecule has 0 aromatic rings. The van der Waals surface area contributed by atoms with Crippen LogP contribution in [0.1, 0.15) is 6.92 Å². The van der Waals surface area contributed by atoms with Crippen molar-refractivity contribution >= 4 is 5.97 Å². The third-order valence-corrected chi connectivity index (χ3v) is 0.462. The molecule has 0 aliphatic heterocycles. The number of nitrogens with zero attached hydrogens (tertiary/aromatic N) is 1. The van der Waals surface area contributed by atoms with Crippen LogP contribution in [0.25, 0.3) is 0 Å². The van der Waals surface area contributed by atoms with Gasteiger partial charge in [-0.15, -0.1) is 0 Å². The Morgan fingerprint density at radius 3 is 2.38 bits per heavy atom. The third-order valence-electron chi connectivity index (χ3n) is 0.462. The van der Waals surface area contributed by atoms with Crippen molar-refractivity contribution in [2.24, 2.45) is 0 Å². The maximum absolute atomic E-state index is 9.69. The normalized spacial score (nSPS) is 10.2. The summed E-state index contributed by atoms with van der Waals surface area (Å²) in [4.78, 5) is 9.69. The van der Waals surface area contributed by atoms with Crippen molar-refractivity contribution in [2.75, 3.05) is 0 Å². The zero-order valence-electron chi connectivity index (χ0n) is 4.30. The predicted molar refractivity (Wildman–Crippen MR) is 25.7 cm³/mol. The van der Waals surface area contributed by atoms with Crippen LogP contribution in [-0.4, -0.2) is 11.1 Å². The fourth-order valence-corrected chi connectivity index (χ4v) is 0.188. The van der Waals surface area contributed by atoms with E-state index in [1.54, 1.807) is 6.07 Å². The fourth-order valence-electron chi connectivity index (χ4n) is 0.188. The molecule has 0 aromatic carbocycles. The van der Waals surface area contributed by atoms with Gasteiger partial charge in [0.25, 0.3) is 0 Å². The number of hydrogen-bond acceptors (Lipinski definition) is 2. The summed E-state index contributed by atoms with van der Waals surface area (Å²) >= 11 is 0. The minimum absolute atomic E-state index is 0.0810. The second-order valence-corrected chi connectivity index (χ2v) is 1.17. The summed E-state index contributed by atoms with van der Waals surface area (Å²) in [6.07, 6.45) is 1.86. The first-order chi connectivity index (χ1) is 3.66. The summed E-state index contributed by atoms with van der Waals surface area (Å²) in [7, 11) is 0. The van der Waals surface area contributed by atoms with Gasteiger partial charge in [-0.25, -0.2) is 4.79 Å². The lowest BCUT2D eigenvalue weighted by Crippen LogP contribution is -1.88. The topological polar surface area (TPSA) is 61.1 Å². The van der Waals surface area contributed by atoms with Crippen LogP contribution in [0.3, 0.4) is 0 Å². The lowest BCUT2D eigenvalue weighted by Gasteiger charge is -1.75. The summed E-state index contributed by atoms with van der Waals surface area (Å²) in [5.74, 6) is -1.20. The zero-order chi connectivity index (χ0) is 6.57. The molecule has 0 bridgehead atoms. The summed E-state index contributed by atoms with van der Waals surface area (Å²) < 4.78 is 0. The maximum Gasteiger partial charge on any atom is 0.337 e. The van der Waals surface area contributed by atoms with E-state index >= 15 is 0 Å². The number of carbonyl (C=O) groups is 1. The largest absolute Gasteiger partial charge is 0.478 e. The van der Waals surface area contributed by atoms with Crippen LogP contribution < -0.4 is 0 Å². The molecule has 0 rings (SSSR count). The first-order valence-electron chi connectivity index (χ1n) is 1.90. The van der Waals surface area contributed by atoms with Gasteiger partial charge >= 0.3 is 5.97 Å². The summed E-state index contributed by atoms with van der Waals surface area (Å²) in [6.45, 7) is 1.38. The molecule has 0 aliphatic rings. The summed E-state index contributed by atoms with van der Waals surface area (Å²) in [6, 6.07) is 1.62. The van der Waals surface area contributed by atoms with Crippen molar-refractivity contribution in [1.82, 2.24) is 0 Å². The SMILES string of the molecule is C/C(=[C]/C(=O)O)C#N. The molecule has 3 heteroatoms. The Hall–Kier alpha value is -1.30. The molecule has 41 valence electrons. The van der Waals surface area contributed by atoms with Gasteiger partial charge in [0.15, 0.2) is 0 Å². The Morgan fingerprint density at radius 1 is 1.75 bits per heavy atom. The van der Waals surface area contributed by atoms with Crippen LogP contribution in [0.2, 0.25) is 0 Å². The Balaban J connectivity index is 4.01. The van der Waals surface area contributed by atoms with Gasteiger partial charge in [0.2, 0.25) is 0 Å². The van der Waals surface area contributed by atoms with Gasteiger partial charge < -0.3 is 5.11 Å². The van der Waals surface area contributed by atoms with Crippen molar-refractivity contribution < 1.29 is 9.90 Å². The predicted octanol–water partition coefficient (Wildman–Crippen LogP) is 0.344. The molecule has 0 amide bonds. The van der Waals surface area contributed by atoms with Crippen molar-refractivity contribution in [3.8, 4) is 6.07 Å². The fraction of sp³-hybridized carbons (Fsp3) is 0.200. The molecular formula is C5H4NO2. The van der Waals surface area contributed by atoms with Gasteiger partial charge in [-0.1, -0.05) is 0 Å². The van der Waals surface area contributed by atoms with Crippen molar-refractivity contribution in [3.63, 3.8) is 0 Å². The molecule has 0 heterocycles. The van der Waals surface area contributed by atoms with Crippen LogP contribution in [-0.2, 0) is 4.79 Å². The van der Waals surface area contributed by atoms with Crippen molar-refractivity contribution in [3.05, 3.63) is 11.6 Å². The highest BCUT2D eigenvalue weighted by molar-refractivity contribution is 5.76. The van der Waals surface area contributed by atoms with E-state index in [0.29, 0.717) is 0 Å². The van der Waals surface area contributed by atoms with Crippen LogP contribution >= 0.6 is 0 Å². The van der Waals surface area contributed by atoms with Crippen LogP contribution in [0, 0.1) is 17.4 Å². The Kier molecular flexibility index (Phi) is 2.35. The van der Waals surface area contributed by atoms with Crippen LogP contribution in [0.4, 0.5) is 0 Å². The molecule has 0 unspecified atom stereocenters. The standard InChI is InChI=1S/C5H4NO2/c1-4(3-6)2-5(7)8/h1H3,(H,7,8). The highest BCUT2D eigenvalue weighted by Crippen LogP contribution is 1.84. The van der Waals surface area contributed by atoms with Crippen LogP contribution in [0.15, 0.2) is 5.57 Å². The van der Waals surface area contributed by atoms with E-state index in [1.807, 2.05) is 6.08 Å². The third kappa shape index (κ3) is 2.91. The zero-order valence-corrected chi connectivity index (χ0v) is 4.30. The van der Waals surface area contributed by atoms with Crippen LogP contribution in [0.5, 0.6) is 0 Å². The van der Waals surface area contributed by atoms with Gasteiger partial charge in [-0.3, -0.25) is 0 Å². The first kappa shape index (κ1) is 6.70. The molecule has 3 nitrogen and oxygen atoms in total. The molecule has 0 saturated heterocycles. The molecule has 0 atom stereocenters. The number of aliphatic carboxylic acids is 1. The number of hydrogen-bond donors (Lipinski definition) is 1. The molecule has 0 saturated carbocycles. The first-order valence-corrected chi connectivity index (χ1v) is 1.90. The summed E-state index contributed by atoms with van der Waals surface area (Å²) in [5, 5.41) is 15.9. The van der Waals surface area contributed by atoms with Crippen molar-refractivity contribution in [1.29, 1.82) is 5.26 Å². The van der Waals surface area contributed by atoms with E-state index in [4.69, 9.17) is 10.4 Å². The second-order valence-electron chi connectivity index (χ2n) is 1.17. The Morgan fingerprint density at radius 2 is 2.25 bits per heavy atom. The lowest BCUT2D eigenvalue weighted by atomic mass is 10.3. The number of carboxylic acid groups (broad SMARTS) is 1. The number of allylic oxidation sites excluding steroid dienone is 1.